The van der Waals surface area contributed by atoms with E-state index >= 15 is 0 Å². The molecule has 2 aromatic rings. The van der Waals surface area contributed by atoms with Crippen LogP contribution in [0.25, 0.3) is 0 Å². The first-order valence-electron chi connectivity index (χ1n) is 7.17. The molecule has 0 aliphatic carbocycles. The maximum Gasteiger partial charge on any atom is 0.147 e. The second-order valence-electron chi connectivity index (χ2n) is 5.26. The molecular weight excluding hydrogens is 367 g/mol. The highest BCUT2D eigenvalue weighted by Gasteiger charge is 2.15. The van der Waals surface area contributed by atoms with Gasteiger partial charge in [0.1, 0.15) is 5.82 Å². The van der Waals surface area contributed by atoms with Crippen LogP contribution in [0.3, 0.4) is 0 Å². The third-order valence-corrected chi connectivity index (χ3v) is 4.92. The van der Waals surface area contributed by atoms with E-state index in [0.717, 1.165) is 41.7 Å². The predicted octanol–water partition coefficient (Wildman–Crippen LogP) is 5.59. The number of rotatable bonds is 3. The standard InChI is InChI=1S/C17H15BrClFN2/c18-14-5-4-13(10-15(14)19)21-11-12-3-6-17(16(20)9-12)22-7-1-2-8-22/h3-6,9-11H,1-2,7-8H2. The van der Waals surface area contributed by atoms with Crippen LogP contribution in [0.5, 0.6) is 0 Å². The van der Waals surface area contributed by atoms with Gasteiger partial charge in [-0.2, -0.15) is 0 Å². The number of hydrogen-bond donors (Lipinski definition) is 0. The highest BCUT2D eigenvalue weighted by atomic mass is 79.9. The average molecular weight is 382 g/mol. The summed E-state index contributed by atoms with van der Waals surface area (Å²) in [5.74, 6) is -0.195. The van der Waals surface area contributed by atoms with E-state index in [4.69, 9.17) is 11.6 Å². The third kappa shape index (κ3) is 3.50. The summed E-state index contributed by atoms with van der Waals surface area (Å²) < 4.78 is 15.0. The van der Waals surface area contributed by atoms with Crippen molar-refractivity contribution in [1.29, 1.82) is 0 Å². The van der Waals surface area contributed by atoms with E-state index in [2.05, 4.69) is 25.8 Å². The second-order valence-corrected chi connectivity index (χ2v) is 6.52. The van der Waals surface area contributed by atoms with Crippen molar-refractivity contribution < 1.29 is 4.39 Å². The summed E-state index contributed by atoms with van der Waals surface area (Å²) >= 11 is 9.36. The number of hydrogen-bond acceptors (Lipinski definition) is 2. The highest BCUT2D eigenvalue weighted by molar-refractivity contribution is 9.10. The van der Waals surface area contributed by atoms with Crippen LogP contribution in [-0.2, 0) is 0 Å². The van der Waals surface area contributed by atoms with E-state index < -0.39 is 0 Å². The third-order valence-electron chi connectivity index (χ3n) is 3.68. The summed E-state index contributed by atoms with van der Waals surface area (Å²) in [6.45, 7) is 1.86. The van der Waals surface area contributed by atoms with Crippen LogP contribution in [0, 0.1) is 5.82 Å². The summed E-state index contributed by atoms with van der Waals surface area (Å²) in [7, 11) is 0. The summed E-state index contributed by atoms with van der Waals surface area (Å²) in [5, 5.41) is 0.602. The lowest BCUT2D eigenvalue weighted by atomic mass is 10.2. The minimum atomic E-state index is -0.195. The van der Waals surface area contributed by atoms with Gasteiger partial charge in [-0.1, -0.05) is 17.7 Å². The Hall–Kier alpha value is -1.39. The minimum absolute atomic E-state index is 0.195. The predicted molar refractivity (Wildman–Crippen MR) is 94.3 cm³/mol. The summed E-state index contributed by atoms with van der Waals surface area (Å²) in [5.41, 5.74) is 2.15. The molecule has 2 nitrogen and oxygen atoms in total. The molecule has 22 heavy (non-hydrogen) atoms. The van der Waals surface area contributed by atoms with Gasteiger partial charge in [-0.25, -0.2) is 4.39 Å². The fourth-order valence-corrected chi connectivity index (χ4v) is 2.95. The van der Waals surface area contributed by atoms with Crippen molar-refractivity contribution in [3.8, 4) is 0 Å². The molecule has 0 amide bonds. The lowest BCUT2D eigenvalue weighted by molar-refractivity contribution is 0.623. The molecule has 0 N–H and O–H groups in total. The molecule has 1 fully saturated rings. The molecule has 0 unspecified atom stereocenters. The number of aliphatic imine (C=N–C) groups is 1. The van der Waals surface area contributed by atoms with Gasteiger partial charge in [0.25, 0.3) is 0 Å². The van der Waals surface area contributed by atoms with E-state index in [1.807, 2.05) is 24.3 Å². The lowest BCUT2D eigenvalue weighted by Crippen LogP contribution is -2.18. The first-order valence-corrected chi connectivity index (χ1v) is 8.34. The Morgan fingerprint density at radius 3 is 2.59 bits per heavy atom. The molecule has 0 aromatic heterocycles. The fourth-order valence-electron chi connectivity index (χ4n) is 2.53. The Bertz CT molecular complexity index is 712. The Balaban J connectivity index is 1.78. The van der Waals surface area contributed by atoms with Crippen molar-refractivity contribution in [2.75, 3.05) is 18.0 Å². The van der Waals surface area contributed by atoms with Crippen molar-refractivity contribution >= 4 is 45.1 Å². The molecule has 1 aliphatic rings. The molecular formula is C17H15BrClFN2. The Morgan fingerprint density at radius 1 is 1.14 bits per heavy atom. The Morgan fingerprint density at radius 2 is 1.91 bits per heavy atom. The van der Waals surface area contributed by atoms with Crippen LogP contribution in [0.2, 0.25) is 5.02 Å². The molecule has 1 aliphatic heterocycles. The smallest absolute Gasteiger partial charge is 0.147 e. The SMILES string of the molecule is Fc1cc(C=Nc2ccc(Br)c(Cl)c2)ccc1N1CCCC1. The van der Waals surface area contributed by atoms with Gasteiger partial charge in [0, 0.05) is 23.8 Å². The topological polar surface area (TPSA) is 15.6 Å². The Kier molecular flexibility index (Phi) is 4.79. The zero-order valence-corrected chi connectivity index (χ0v) is 14.2. The molecule has 5 heteroatoms. The van der Waals surface area contributed by atoms with Crippen molar-refractivity contribution in [2.24, 2.45) is 4.99 Å². The average Bonchev–Trinajstić information content (AvgIpc) is 3.02. The fraction of sp³-hybridized carbons (Fsp3) is 0.235. The molecule has 0 spiro atoms. The molecule has 0 saturated carbocycles. The van der Waals surface area contributed by atoms with Crippen molar-refractivity contribution in [3.05, 3.63) is 57.3 Å². The summed E-state index contributed by atoms with van der Waals surface area (Å²) in [4.78, 5) is 6.42. The van der Waals surface area contributed by atoms with E-state index in [1.54, 1.807) is 12.3 Å². The molecule has 0 atom stereocenters. The molecule has 1 heterocycles. The molecule has 0 radical (unpaired) electrons. The van der Waals surface area contributed by atoms with Gasteiger partial charge in [-0.3, -0.25) is 4.99 Å². The second kappa shape index (κ2) is 6.80. The van der Waals surface area contributed by atoms with Gasteiger partial charge in [0.05, 0.1) is 16.4 Å². The van der Waals surface area contributed by atoms with Crippen LogP contribution < -0.4 is 4.90 Å². The van der Waals surface area contributed by atoms with Crippen molar-refractivity contribution in [3.63, 3.8) is 0 Å². The van der Waals surface area contributed by atoms with E-state index in [0.29, 0.717) is 10.7 Å². The van der Waals surface area contributed by atoms with E-state index in [-0.39, 0.29) is 5.82 Å². The largest absolute Gasteiger partial charge is 0.369 e. The van der Waals surface area contributed by atoms with Crippen molar-refractivity contribution in [2.45, 2.75) is 12.8 Å². The quantitative estimate of drug-likeness (QED) is 0.633. The van der Waals surface area contributed by atoms with Crippen LogP contribution in [0.15, 0.2) is 45.9 Å². The first kappa shape index (κ1) is 15.5. The first-order chi connectivity index (χ1) is 10.6. The molecule has 0 bridgehead atoms. The van der Waals surface area contributed by atoms with Crippen LogP contribution in [0.1, 0.15) is 18.4 Å². The van der Waals surface area contributed by atoms with Gasteiger partial charge >= 0.3 is 0 Å². The maximum atomic E-state index is 14.2. The molecule has 1 saturated heterocycles. The summed E-state index contributed by atoms with van der Waals surface area (Å²) in [6, 6.07) is 10.7. The van der Waals surface area contributed by atoms with Gasteiger partial charge in [-0.05, 0) is 64.7 Å². The van der Waals surface area contributed by atoms with Crippen LogP contribution in [-0.4, -0.2) is 19.3 Å². The molecule has 2 aromatic carbocycles. The van der Waals surface area contributed by atoms with Crippen LogP contribution in [0.4, 0.5) is 15.8 Å². The van der Waals surface area contributed by atoms with Gasteiger partial charge in [0.2, 0.25) is 0 Å². The zero-order valence-electron chi connectivity index (χ0n) is 11.9. The van der Waals surface area contributed by atoms with E-state index in [9.17, 15) is 4.39 Å². The van der Waals surface area contributed by atoms with Gasteiger partial charge in [0.15, 0.2) is 0 Å². The monoisotopic (exact) mass is 380 g/mol. The normalized spacial score (nSPS) is 15.0. The van der Waals surface area contributed by atoms with E-state index in [1.165, 1.54) is 6.07 Å². The highest BCUT2D eigenvalue weighted by Crippen LogP contribution is 2.27. The van der Waals surface area contributed by atoms with Crippen LogP contribution >= 0.6 is 27.5 Å². The van der Waals surface area contributed by atoms with Crippen molar-refractivity contribution in [1.82, 2.24) is 0 Å². The molecule has 114 valence electrons. The minimum Gasteiger partial charge on any atom is -0.369 e. The summed E-state index contributed by atoms with van der Waals surface area (Å²) in [6.07, 6.45) is 3.91. The number of nitrogens with zero attached hydrogens (tertiary/aromatic N) is 2. The van der Waals surface area contributed by atoms with Gasteiger partial charge < -0.3 is 4.90 Å². The zero-order chi connectivity index (χ0) is 15.5. The lowest BCUT2D eigenvalue weighted by Gasteiger charge is -2.18. The van der Waals surface area contributed by atoms with Gasteiger partial charge in [-0.15, -0.1) is 0 Å². The number of anilines is 1. The Labute approximate surface area is 142 Å². The maximum absolute atomic E-state index is 14.2. The number of halogens is 3. The molecule has 3 rings (SSSR count). The number of benzene rings is 2.